The Bertz CT molecular complexity index is 574. The summed E-state index contributed by atoms with van der Waals surface area (Å²) in [7, 11) is 0. The third-order valence-corrected chi connectivity index (χ3v) is 3.34. The van der Waals surface area contributed by atoms with Gasteiger partial charge in [0.1, 0.15) is 12.4 Å². The van der Waals surface area contributed by atoms with Gasteiger partial charge >= 0.3 is 12.1 Å². The maximum absolute atomic E-state index is 12.2. The van der Waals surface area contributed by atoms with Crippen molar-refractivity contribution in [3.05, 3.63) is 23.8 Å². The van der Waals surface area contributed by atoms with E-state index in [1.165, 1.54) is 0 Å². The van der Waals surface area contributed by atoms with Crippen molar-refractivity contribution < 1.29 is 14.3 Å². The Hall–Kier alpha value is -2.44. The molecule has 0 saturated carbocycles. The van der Waals surface area contributed by atoms with E-state index in [9.17, 15) is 9.59 Å². The van der Waals surface area contributed by atoms with E-state index in [4.69, 9.17) is 4.74 Å². The summed E-state index contributed by atoms with van der Waals surface area (Å²) in [5.41, 5.74) is 1.54. The largest absolute Gasteiger partial charge is 0.491 e. The van der Waals surface area contributed by atoms with Crippen molar-refractivity contribution in [2.75, 3.05) is 25.0 Å². The number of hydrogen-bond acceptors (Lipinski definition) is 3. The van der Waals surface area contributed by atoms with Gasteiger partial charge in [-0.05, 0) is 39.0 Å². The maximum Gasteiger partial charge on any atom is 0.319 e. The summed E-state index contributed by atoms with van der Waals surface area (Å²) in [6, 6.07) is 5.16. The van der Waals surface area contributed by atoms with Crippen LogP contribution in [0, 0.1) is 0 Å². The van der Waals surface area contributed by atoms with Crippen molar-refractivity contribution in [3.63, 3.8) is 0 Å². The minimum atomic E-state index is -0.253. The van der Waals surface area contributed by atoms with Gasteiger partial charge in [0.15, 0.2) is 0 Å². The first-order valence-corrected chi connectivity index (χ1v) is 7.85. The van der Waals surface area contributed by atoms with Crippen molar-refractivity contribution >= 4 is 17.7 Å². The van der Waals surface area contributed by atoms with Crippen molar-refractivity contribution in [1.82, 2.24) is 15.5 Å². The Morgan fingerprint density at radius 2 is 2.13 bits per heavy atom. The average Bonchev–Trinajstić information content (AvgIpc) is 2.68. The Morgan fingerprint density at radius 1 is 1.35 bits per heavy atom. The molecule has 0 bridgehead atoms. The molecule has 0 aromatic heterocycles. The molecular weight excluding hydrogens is 296 g/mol. The molecule has 0 atom stereocenters. The lowest BCUT2D eigenvalue weighted by Crippen LogP contribution is -2.43. The number of nitrogens with zero attached hydrogens (tertiary/aromatic N) is 1. The molecule has 0 unspecified atom stereocenters. The number of amides is 4. The molecule has 126 valence electrons. The van der Waals surface area contributed by atoms with E-state index < -0.39 is 0 Å². The predicted molar refractivity (Wildman–Crippen MR) is 88.7 cm³/mol. The van der Waals surface area contributed by atoms with Crippen LogP contribution in [0.2, 0.25) is 0 Å². The quantitative estimate of drug-likeness (QED) is 0.798. The number of carbonyl (C=O) groups is 2. The number of urea groups is 2. The van der Waals surface area contributed by atoms with Gasteiger partial charge in [-0.1, -0.05) is 0 Å². The molecule has 0 spiro atoms. The zero-order valence-corrected chi connectivity index (χ0v) is 13.8. The third-order valence-electron chi connectivity index (χ3n) is 3.34. The van der Waals surface area contributed by atoms with Gasteiger partial charge in [-0.3, -0.25) is 0 Å². The topological polar surface area (TPSA) is 82.7 Å². The van der Waals surface area contributed by atoms with Gasteiger partial charge in [0.2, 0.25) is 0 Å². The second kappa shape index (κ2) is 7.71. The first kappa shape index (κ1) is 16.9. The minimum Gasteiger partial charge on any atom is -0.491 e. The van der Waals surface area contributed by atoms with Crippen LogP contribution in [0.15, 0.2) is 18.2 Å². The van der Waals surface area contributed by atoms with Crippen LogP contribution >= 0.6 is 0 Å². The van der Waals surface area contributed by atoms with Gasteiger partial charge < -0.3 is 25.6 Å². The molecule has 1 aromatic rings. The highest BCUT2D eigenvalue weighted by molar-refractivity contribution is 5.89. The van der Waals surface area contributed by atoms with Crippen LogP contribution in [0.4, 0.5) is 15.3 Å². The second-order valence-electron chi connectivity index (χ2n) is 5.68. The molecule has 0 fully saturated rings. The first-order chi connectivity index (χ1) is 11.0. The fourth-order valence-electron chi connectivity index (χ4n) is 2.32. The molecule has 1 aliphatic heterocycles. The number of hydrogen-bond donors (Lipinski definition) is 3. The number of nitrogens with one attached hydrogen (secondary N) is 3. The molecule has 0 aliphatic carbocycles. The summed E-state index contributed by atoms with van der Waals surface area (Å²) < 4.78 is 5.69. The second-order valence-corrected chi connectivity index (χ2v) is 5.68. The van der Waals surface area contributed by atoms with E-state index >= 15 is 0 Å². The van der Waals surface area contributed by atoms with Crippen LogP contribution in [0.5, 0.6) is 5.75 Å². The molecule has 0 saturated heterocycles. The van der Waals surface area contributed by atoms with Crippen LogP contribution in [0.1, 0.15) is 26.3 Å². The van der Waals surface area contributed by atoms with Gasteiger partial charge in [0.25, 0.3) is 0 Å². The third kappa shape index (κ3) is 4.77. The summed E-state index contributed by atoms with van der Waals surface area (Å²) in [5.74, 6) is 0.742. The van der Waals surface area contributed by atoms with Crippen molar-refractivity contribution in [2.45, 2.75) is 33.4 Å². The monoisotopic (exact) mass is 320 g/mol. The smallest absolute Gasteiger partial charge is 0.319 e. The summed E-state index contributed by atoms with van der Waals surface area (Å²) in [6.07, 6.45) is 0. The van der Waals surface area contributed by atoms with Gasteiger partial charge in [0, 0.05) is 23.8 Å². The Balaban J connectivity index is 2.12. The number of anilines is 1. The molecule has 1 aliphatic rings. The van der Waals surface area contributed by atoms with Crippen molar-refractivity contribution in [1.29, 1.82) is 0 Å². The zero-order chi connectivity index (χ0) is 16.8. The molecular formula is C16H24N4O3. The fraction of sp³-hybridized carbons (Fsp3) is 0.500. The fourth-order valence-corrected chi connectivity index (χ4v) is 2.32. The highest BCUT2D eigenvalue weighted by Crippen LogP contribution is 2.26. The number of carbonyl (C=O) groups excluding carboxylic acids is 2. The van der Waals surface area contributed by atoms with Crippen LogP contribution in [0.25, 0.3) is 0 Å². The molecule has 2 rings (SSSR count). The van der Waals surface area contributed by atoms with E-state index in [-0.39, 0.29) is 18.1 Å². The van der Waals surface area contributed by atoms with E-state index in [0.717, 1.165) is 11.3 Å². The minimum absolute atomic E-state index is 0.0804. The molecule has 0 radical (unpaired) electrons. The van der Waals surface area contributed by atoms with Gasteiger partial charge in [-0.25, -0.2) is 9.59 Å². The number of benzene rings is 1. The van der Waals surface area contributed by atoms with Crippen molar-refractivity contribution in [2.24, 2.45) is 0 Å². The zero-order valence-electron chi connectivity index (χ0n) is 13.8. The molecule has 7 heteroatoms. The van der Waals surface area contributed by atoms with Gasteiger partial charge in [-0.2, -0.15) is 0 Å². The number of ether oxygens (including phenoxy) is 1. The van der Waals surface area contributed by atoms with E-state index in [1.54, 1.807) is 11.0 Å². The summed E-state index contributed by atoms with van der Waals surface area (Å²) in [4.78, 5) is 25.5. The lowest BCUT2D eigenvalue weighted by molar-refractivity contribution is 0.185. The summed E-state index contributed by atoms with van der Waals surface area (Å²) >= 11 is 0. The normalized spacial score (nSPS) is 13.7. The Morgan fingerprint density at radius 3 is 2.83 bits per heavy atom. The highest BCUT2D eigenvalue weighted by Gasteiger charge is 2.20. The summed E-state index contributed by atoms with van der Waals surface area (Å²) in [5, 5.41) is 8.33. The molecule has 4 amide bonds. The van der Waals surface area contributed by atoms with E-state index in [0.29, 0.717) is 31.9 Å². The molecule has 1 heterocycles. The standard InChI is InChI=1S/C16H24N4O3/c1-4-17-15(21)19-13-5-6-14-12(9-13)10-20(7-8-23-14)16(22)18-11(2)3/h5-6,9,11H,4,7-8,10H2,1-3H3,(H,18,22)(H2,17,19,21). The lowest BCUT2D eigenvalue weighted by Gasteiger charge is -2.22. The van der Waals surface area contributed by atoms with Crippen LogP contribution < -0.4 is 20.7 Å². The van der Waals surface area contributed by atoms with Crippen LogP contribution in [-0.4, -0.2) is 42.7 Å². The van der Waals surface area contributed by atoms with Gasteiger partial charge in [-0.15, -0.1) is 0 Å². The average molecular weight is 320 g/mol. The van der Waals surface area contributed by atoms with Crippen molar-refractivity contribution in [3.8, 4) is 5.75 Å². The first-order valence-electron chi connectivity index (χ1n) is 7.85. The highest BCUT2D eigenvalue weighted by atomic mass is 16.5. The Kier molecular flexibility index (Phi) is 5.67. The molecule has 3 N–H and O–H groups in total. The lowest BCUT2D eigenvalue weighted by atomic mass is 10.1. The predicted octanol–water partition coefficient (Wildman–Crippen LogP) is 2.14. The SMILES string of the molecule is CCNC(=O)Nc1ccc2c(c1)CN(C(=O)NC(C)C)CCO2. The van der Waals surface area contributed by atoms with Gasteiger partial charge in [0.05, 0.1) is 13.1 Å². The van der Waals surface area contributed by atoms with Crippen LogP contribution in [-0.2, 0) is 6.54 Å². The van der Waals surface area contributed by atoms with E-state index in [1.807, 2.05) is 32.9 Å². The number of rotatable bonds is 3. The number of fused-ring (bicyclic) bond motifs is 1. The molecule has 23 heavy (non-hydrogen) atoms. The Labute approximate surface area is 136 Å². The molecule has 7 nitrogen and oxygen atoms in total. The molecule has 1 aromatic carbocycles. The van der Waals surface area contributed by atoms with Crippen LogP contribution in [0.3, 0.4) is 0 Å². The van der Waals surface area contributed by atoms with E-state index in [2.05, 4.69) is 16.0 Å². The summed E-state index contributed by atoms with van der Waals surface area (Å²) in [6.45, 7) is 7.68. The maximum atomic E-state index is 12.2.